The number of carbonyl (C=O) groups is 1. The first-order chi connectivity index (χ1) is 7.27. The molecule has 0 atom stereocenters. The summed E-state index contributed by atoms with van der Waals surface area (Å²) in [5.74, 6) is 0.705. The molecule has 3 nitrogen and oxygen atoms in total. The summed E-state index contributed by atoms with van der Waals surface area (Å²) in [4.78, 5) is 12.2. The summed E-state index contributed by atoms with van der Waals surface area (Å²) >= 11 is 1.11. The van der Waals surface area contributed by atoms with Crippen LogP contribution in [0.4, 0.5) is 4.79 Å². The van der Waals surface area contributed by atoms with E-state index in [2.05, 4.69) is 11.9 Å². The summed E-state index contributed by atoms with van der Waals surface area (Å²) < 4.78 is 5.13. The molecule has 15 heavy (non-hydrogen) atoms. The van der Waals surface area contributed by atoms with Gasteiger partial charge in [-0.05, 0) is 23.9 Å². The van der Waals surface area contributed by atoms with Gasteiger partial charge in [0.2, 0.25) is 0 Å². The highest BCUT2D eigenvalue weighted by Gasteiger charge is 2.07. The molecule has 1 N–H and O–H groups in total. The highest BCUT2D eigenvalue weighted by atomic mass is 32.2. The van der Waals surface area contributed by atoms with E-state index in [0.717, 1.165) is 16.7 Å². The zero-order valence-electron chi connectivity index (χ0n) is 8.53. The van der Waals surface area contributed by atoms with E-state index in [9.17, 15) is 4.79 Å². The number of amides is 1. The fourth-order valence-corrected chi connectivity index (χ4v) is 1.75. The lowest BCUT2D eigenvalue weighted by Crippen LogP contribution is -2.17. The molecule has 1 amide bonds. The van der Waals surface area contributed by atoms with Crippen LogP contribution in [0.2, 0.25) is 0 Å². The van der Waals surface area contributed by atoms with Crippen LogP contribution in [-0.2, 0) is 0 Å². The van der Waals surface area contributed by atoms with Gasteiger partial charge in [-0.1, -0.05) is 18.2 Å². The van der Waals surface area contributed by atoms with Crippen LogP contribution < -0.4 is 10.1 Å². The maximum absolute atomic E-state index is 11.4. The first kappa shape index (κ1) is 11.7. The summed E-state index contributed by atoms with van der Waals surface area (Å²) in [6.07, 6.45) is 1.64. The van der Waals surface area contributed by atoms with Gasteiger partial charge in [-0.2, -0.15) is 0 Å². The van der Waals surface area contributed by atoms with Crippen molar-refractivity contribution in [2.24, 2.45) is 0 Å². The van der Waals surface area contributed by atoms with Crippen molar-refractivity contribution in [3.05, 3.63) is 36.9 Å². The van der Waals surface area contributed by atoms with E-state index in [1.807, 2.05) is 24.3 Å². The number of carbonyl (C=O) groups excluding carboxylic acids is 1. The highest BCUT2D eigenvalue weighted by molar-refractivity contribution is 8.13. The molecule has 0 saturated heterocycles. The van der Waals surface area contributed by atoms with E-state index in [4.69, 9.17) is 4.74 Å². The number of nitrogens with one attached hydrogen (secondary N) is 1. The van der Waals surface area contributed by atoms with Gasteiger partial charge in [0.25, 0.3) is 5.24 Å². The van der Waals surface area contributed by atoms with Crippen LogP contribution in [0, 0.1) is 0 Å². The molecule has 0 aliphatic carbocycles. The Hall–Kier alpha value is -1.42. The first-order valence-electron chi connectivity index (χ1n) is 4.47. The van der Waals surface area contributed by atoms with Crippen molar-refractivity contribution in [1.29, 1.82) is 0 Å². The zero-order valence-corrected chi connectivity index (χ0v) is 9.34. The lowest BCUT2D eigenvalue weighted by molar-refractivity contribution is 0.261. The van der Waals surface area contributed by atoms with Gasteiger partial charge >= 0.3 is 0 Å². The lowest BCUT2D eigenvalue weighted by atomic mass is 10.3. The predicted octanol–water partition coefficient (Wildman–Crippen LogP) is 2.68. The molecule has 0 unspecified atom stereocenters. The highest BCUT2D eigenvalue weighted by Crippen LogP contribution is 2.28. The Labute approximate surface area is 93.5 Å². The van der Waals surface area contributed by atoms with Gasteiger partial charge in [0.1, 0.15) is 5.75 Å². The Morgan fingerprint density at radius 1 is 1.60 bits per heavy atom. The number of para-hydroxylation sites is 1. The van der Waals surface area contributed by atoms with Crippen LogP contribution in [-0.4, -0.2) is 18.9 Å². The number of methoxy groups -OCH3 is 1. The molecule has 4 heteroatoms. The van der Waals surface area contributed by atoms with Crippen molar-refractivity contribution in [3.63, 3.8) is 0 Å². The van der Waals surface area contributed by atoms with Crippen molar-refractivity contribution in [1.82, 2.24) is 5.32 Å². The molecule has 0 spiro atoms. The van der Waals surface area contributed by atoms with E-state index in [0.29, 0.717) is 12.3 Å². The van der Waals surface area contributed by atoms with Crippen LogP contribution >= 0.6 is 11.8 Å². The van der Waals surface area contributed by atoms with E-state index in [1.165, 1.54) is 0 Å². The Morgan fingerprint density at radius 3 is 3.00 bits per heavy atom. The fourth-order valence-electron chi connectivity index (χ4n) is 0.995. The number of hydrogen-bond donors (Lipinski definition) is 1. The van der Waals surface area contributed by atoms with Gasteiger partial charge in [0.15, 0.2) is 0 Å². The molecule has 0 radical (unpaired) electrons. The van der Waals surface area contributed by atoms with Gasteiger partial charge in [-0.25, -0.2) is 0 Å². The Bertz CT molecular complexity index is 352. The quantitative estimate of drug-likeness (QED) is 0.630. The molecule has 1 aromatic rings. The minimum absolute atomic E-state index is 0.112. The van der Waals surface area contributed by atoms with Crippen LogP contribution in [0.5, 0.6) is 5.75 Å². The summed E-state index contributed by atoms with van der Waals surface area (Å²) in [5, 5.41) is 2.57. The standard InChI is InChI=1S/C11H13NO2S/c1-3-8-12-11(13)15-10-7-5-4-6-9(10)14-2/h3-7H,1,8H2,2H3,(H,12,13). The van der Waals surface area contributed by atoms with Crippen LogP contribution in [0.15, 0.2) is 41.8 Å². The van der Waals surface area contributed by atoms with Crippen molar-refractivity contribution in [2.45, 2.75) is 4.90 Å². The van der Waals surface area contributed by atoms with Crippen LogP contribution in [0.3, 0.4) is 0 Å². The van der Waals surface area contributed by atoms with Crippen LogP contribution in [0.25, 0.3) is 0 Å². The molecule has 0 aromatic heterocycles. The summed E-state index contributed by atoms with van der Waals surface area (Å²) in [6.45, 7) is 4.00. The molecule has 0 bridgehead atoms. The van der Waals surface area contributed by atoms with E-state index in [-0.39, 0.29) is 5.24 Å². The molecular formula is C11H13NO2S. The van der Waals surface area contributed by atoms with Gasteiger partial charge in [0, 0.05) is 6.54 Å². The minimum atomic E-state index is -0.112. The maximum atomic E-state index is 11.4. The van der Waals surface area contributed by atoms with Crippen molar-refractivity contribution in [3.8, 4) is 5.75 Å². The van der Waals surface area contributed by atoms with Crippen molar-refractivity contribution < 1.29 is 9.53 Å². The molecule has 1 rings (SSSR count). The minimum Gasteiger partial charge on any atom is -0.496 e. The monoisotopic (exact) mass is 223 g/mol. The molecule has 0 aliphatic heterocycles. The SMILES string of the molecule is C=CCNC(=O)Sc1ccccc1OC. The number of rotatable bonds is 4. The molecule has 0 aliphatic rings. The summed E-state index contributed by atoms with van der Waals surface area (Å²) in [5.41, 5.74) is 0. The second kappa shape index (κ2) is 6.14. The second-order valence-corrected chi connectivity index (χ2v) is 3.72. The number of ether oxygens (including phenoxy) is 1. The largest absolute Gasteiger partial charge is 0.496 e. The Balaban J connectivity index is 2.63. The Morgan fingerprint density at radius 2 is 2.33 bits per heavy atom. The smallest absolute Gasteiger partial charge is 0.284 e. The average molecular weight is 223 g/mol. The fraction of sp³-hybridized carbons (Fsp3) is 0.182. The van der Waals surface area contributed by atoms with Gasteiger partial charge in [-0.15, -0.1) is 6.58 Å². The topological polar surface area (TPSA) is 38.3 Å². The second-order valence-electron chi connectivity index (χ2n) is 2.71. The average Bonchev–Trinajstić information content (AvgIpc) is 2.27. The third-order valence-electron chi connectivity index (χ3n) is 1.66. The molecule has 1 aromatic carbocycles. The predicted molar refractivity (Wildman–Crippen MR) is 62.4 cm³/mol. The van der Waals surface area contributed by atoms with Gasteiger partial charge in [0.05, 0.1) is 12.0 Å². The number of benzene rings is 1. The molecule has 0 fully saturated rings. The zero-order chi connectivity index (χ0) is 11.1. The summed E-state index contributed by atoms with van der Waals surface area (Å²) in [7, 11) is 1.58. The first-order valence-corrected chi connectivity index (χ1v) is 5.29. The van der Waals surface area contributed by atoms with Gasteiger partial charge < -0.3 is 10.1 Å². The lowest BCUT2D eigenvalue weighted by Gasteiger charge is -2.06. The molecule has 80 valence electrons. The van der Waals surface area contributed by atoms with E-state index >= 15 is 0 Å². The molecule has 0 heterocycles. The maximum Gasteiger partial charge on any atom is 0.284 e. The van der Waals surface area contributed by atoms with Crippen molar-refractivity contribution in [2.75, 3.05) is 13.7 Å². The van der Waals surface area contributed by atoms with Crippen LogP contribution in [0.1, 0.15) is 0 Å². The molecular weight excluding hydrogens is 210 g/mol. The Kier molecular flexibility index (Phi) is 4.77. The number of thioether (sulfide) groups is 1. The third kappa shape index (κ3) is 3.67. The number of hydrogen-bond acceptors (Lipinski definition) is 3. The normalized spacial score (nSPS) is 9.40. The van der Waals surface area contributed by atoms with Crippen molar-refractivity contribution >= 4 is 17.0 Å². The van der Waals surface area contributed by atoms with E-state index < -0.39 is 0 Å². The molecule has 0 saturated carbocycles. The van der Waals surface area contributed by atoms with E-state index in [1.54, 1.807) is 13.2 Å². The summed E-state index contributed by atoms with van der Waals surface area (Å²) in [6, 6.07) is 7.40. The van der Waals surface area contributed by atoms with Gasteiger partial charge in [-0.3, -0.25) is 4.79 Å². The third-order valence-corrected chi connectivity index (χ3v) is 2.55.